The summed E-state index contributed by atoms with van der Waals surface area (Å²) in [7, 11) is 0. The quantitative estimate of drug-likeness (QED) is 0.778. The maximum Gasteiger partial charge on any atom is 0.122 e. The minimum Gasteiger partial charge on any atom is -0.494 e. The van der Waals surface area contributed by atoms with Gasteiger partial charge in [0.2, 0.25) is 0 Å². The first-order valence-electron chi connectivity index (χ1n) is 5.51. The maximum absolute atomic E-state index is 6.06. The van der Waals surface area contributed by atoms with E-state index in [0.717, 1.165) is 18.8 Å². The summed E-state index contributed by atoms with van der Waals surface area (Å²) in [6.07, 6.45) is 0. The van der Waals surface area contributed by atoms with E-state index in [4.69, 9.17) is 10.5 Å². The first-order valence-corrected chi connectivity index (χ1v) is 5.51. The van der Waals surface area contributed by atoms with Crippen molar-refractivity contribution in [2.24, 2.45) is 5.73 Å². The Morgan fingerprint density at radius 2 is 2.20 bits per heavy atom. The molecule has 0 radical (unpaired) electrons. The predicted molar refractivity (Wildman–Crippen MR) is 61.2 cm³/mol. The molecule has 0 aromatic heterocycles. The van der Waals surface area contributed by atoms with Gasteiger partial charge in [-0.1, -0.05) is 18.2 Å². The maximum atomic E-state index is 6.06. The summed E-state index contributed by atoms with van der Waals surface area (Å²) in [6, 6.07) is 8.38. The van der Waals surface area contributed by atoms with Crippen LogP contribution in [0.5, 0.6) is 5.75 Å². The molecule has 3 N–H and O–H groups in total. The summed E-state index contributed by atoms with van der Waals surface area (Å²) in [5.74, 6) is 1.36. The van der Waals surface area contributed by atoms with E-state index >= 15 is 0 Å². The van der Waals surface area contributed by atoms with Gasteiger partial charge in [-0.25, -0.2) is 0 Å². The van der Waals surface area contributed by atoms with Crippen LogP contribution in [0.3, 0.4) is 0 Å². The highest BCUT2D eigenvalue weighted by Crippen LogP contribution is 2.29. The molecule has 2 rings (SSSR count). The van der Waals surface area contributed by atoms with E-state index in [0.29, 0.717) is 12.5 Å². The zero-order valence-electron chi connectivity index (χ0n) is 9.07. The first-order chi connectivity index (χ1) is 7.33. The molecule has 1 aromatic carbocycles. The van der Waals surface area contributed by atoms with Crippen LogP contribution in [-0.2, 0) is 0 Å². The third-order valence-electron chi connectivity index (χ3n) is 2.88. The van der Waals surface area contributed by atoms with Crippen molar-refractivity contribution in [1.82, 2.24) is 5.32 Å². The number of benzene rings is 1. The molecule has 3 heteroatoms. The number of nitrogens with two attached hydrogens (primary N) is 1. The van der Waals surface area contributed by atoms with Gasteiger partial charge in [0, 0.05) is 30.6 Å². The molecule has 1 saturated heterocycles. The van der Waals surface area contributed by atoms with E-state index in [2.05, 4.69) is 11.4 Å². The van der Waals surface area contributed by atoms with Crippen LogP contribution in [0.1, 0.15) is 18.4 Å². The number of hydrogen-bond donors (Lipinski definition) is 2. The molecule has 1 fully saturated rings. The van der Waals surface area contributed by atoms with Crippen molar-refractivity contribution in [1.29, 1.82) is 0 Å². The van der Waals surface area contributed by atoms with Crippen LogP contribution in [0, 0.1) is 0 Å². The van der Waals surface area contributed by atoms with Crippen LogP contribution in [0.4, 0.5) is 0 Å². The Hall–Kier alpha value is -1.06. The normalized spacial score (nSPS) is 25.5. The Balaban J connectivity index is 2.25. The molecule has 0 spiro atoms. The van der Waals surface area contributed by atoms with Gasteiger partial charge >= 0.3 is 0 Å². The Morgan fingerprint density at radius 3 is 2.87 bits per heavy atom. The average Bonchev–Trinajstić information content (AvgIpc) is 2.66. The molecule has 82 valence electrons. The molecule has 0 amide bonds. The van der Waals surface area contributed by atoms with Crippen LogP contribution in [0.2, 0.25) is 0 Å². The van der Waals surface area contributed by atoms with E-state index in [-0.39, 0.29) is 6.04 Å². The predicted octanol–water partition coefficient (Wildman–Crippen LogP) is 1.10. The van der Waals surface area contributed by atoms with Crippen molar-refractivity contribution >= 4 is 0 Å². The van der Waals surface area contributed by atoms with Crippen molar-refractivity contribution in [2.45, 2.75) is 18.9 Å². The summed E-state index contributed by atoms with van der Waals surface area (Å²) in [5, 5.41) is 3.31. The third kappa shape index (κ3) is 2.13. The summed E-state index contributed by atoms with van der Waals surface area (Å²) < 4.78 is 5.61. The molecular weight excluding hydrogens is 188 g/mol. The van der Waals surface area contributed by atoms with Gasteiger partial charge in [0.1, 0.15) is 5.75 Å². The van der Waals surface area contributed by atoms with Gasteiger partial charge in [-0.05, 0) is 13.0 Å². The van der Waals surface area contributed by atoms with Gasteiger partial charge in [0.25, 0.3) is 0 Å². The fourth-order valence-electron chi connectivity index (χ4n) is 2.11. The molecule has 15 heavy (non-hydrogen) atoms. The van der Waals surface area contributed by atoms with Gasteiger partial charge in [-0.3, -0.25) is 0 Å². The van der Waals surface area contributed by atoms with Crippen molar-refractivity contribution in [2.75, 3.05) is 19.7 Å². The number of para-hydroxylation sites is 1. The molecule has 1 aliphatic rings. The van der Waals surface area contributed by atoms with Crippen LogP contribution in [0.15, 0.2) is 24.3 Å². The lowest BCUT2D eigenvalue weighted by molar-refractivity contribution is 0.333. The monoisotopic (exact) mass is 206 g/mol. The Labute approximate surface area is 90.6 Å². The van der Waals surface area contributed by atoms with Crippen molar-refractivity contribution in [3.05, 3.63) is 29.8 Å². The summed E-state index contributed by atoms with van der Waals surface area (Å²) in [5.41, 5.74) is 7.29. The third-order valence-corrected chi connectivity index (χ3v) is 2.88. The molecular formula is C12H18N2O. The highest BCUT2D eigenvalue weighted by molar-refractivity contribution is 5.38. The molecule has 1 aliphatic heterocycles. The molecule has 0 bridgehead atoms. The zero-order chi connectivity index (χ0) is 10.7. The van der Waals surface area contributed by atoms with Crippen molar-refractivity contribution < 1.29 is 4.74 Å². The lowest BCUT2D eigenvalue weighted by atomic mass is 9.94. The smallest absolute Gasteiger partial charge is 0.122 e. The topological polar surface area (TPSA) is 47.3 Å². The van der Waals surface area contributed by atoms with Crippen LogP contribution >= 0.6 is 0 Å². The minimum atomic E-state index is 0.201. The van der Waals surface area contributed by atoms with Gasteiger partial charge < -0.3 is 15.8 Å². The van der Waals surface area contributed by atoms with E-state index in [9.17, 15) is 0 Å². The molecule has 0 unspecified atom stereocenters. The molecule has 2 atom stereocenters. The van der Waals surface area contributed by atoms with E-state index < -0.39 is 0 Å². The Bertz CT molecular complexity index is 327. The van der Waals surface area contributed by atoms with Gasteiger partial charge in [0.15, 0.2) is 0 Å². The standard InChI is InChI=1S/C12H18N2O/c1-2-15-12-6-4-3-5-9(12)10-7-14-8-11(10)13/h3-6,10-11,14H,2,7-8,13H2,1H3/t10-,11-/m0/s1. The Kier molecular flexibility index (Phi) is 3.23. The second-order valence-corrected chi connectivity index (χ2v) is 3.90. The number of hydrogen-bond acceptors (Lipinski definition) is 3. The molecule has 1 heterocycles. The lowest BCUT2D eigenvalue weighted by Gasteiger charge is -2.18. The number of rotatable bonds is 3. The van der Waals surface area contributed by atoms with Gasteiger partial charge in [-0.15, -0.1) is 0 Å². The summed E-state index contributed by atoms with van der Waals surface area (Å²) in [4.78, 5) is 0. The zero-order valence-corrected chi connectivity index (χ0v) is 9.07. The largest absolute Gasteiger partial charge is 0.494 e. The van der Waals surface area contributed by atoms with Crippen molar-refractivity contribution in [3.63, 3.8) is 0 Å². The average molecular weight is 206 g/mol. The molecule has 3 nitrogen and oxygen atoms in total. The van der Waals surface area contributed by atoms with E-state index in [1.807, 2.05) is 25.1 Å². The van der Waals surface area contributed by atoms with Crippen LogP contribution in [0.25, 0.3) is 0 Å². The molecule has 1 aromatic rings. The van der Waals surface area contributed by atoms with E-state index in [1.54, 1.807) is 0 Å². The van der Waals surface area contributed by atoms with Crippen LogP contribution in [-0.4, -0.2) is 25.7 Å². The number of nitrogens with one attached hydrogen (secondary N) is 1. The fraction of sp³-hybridized carbons (Fsp3) is 0.500. The number of ether oxygens (including phenoxy) is 1. The highest BCUT2D eigenvalue weighted by atomic mass is 16.5. The van der Waals surface area contributed by atoms with Gasteiger partial charge in [0.05, 0.1) is 6.61 Å². The fourth-order valence-corrected chi connectivity index (χ4v) is 2.11. The van der Waals surface area contributed by atoms with E-state index in [1.165, 1.54) is 5.56 Å². The van der Waals surface area contributed by atoms with Crippen LogP contribution < -0.4 is 15.8 Å². The van der Waals surface area contributed by atoms with Crippen molar-refractivity contribution in [3.8, 4) is 5.75 Å². The second kappa shape index (κ2) is 4.64. The SMILES string of the molecule is CCOc1ccccc1[C@@H]1CNC[C@@H]1N. The Morgan fingerprint density at radius 1 is 1.40 bits per heavy atom. The second-order valence-electron chi connectivity index (χ2n) is 3.90. The minimum absolute atomic E-state index is 0.201. The van der Waals surface area contributed by atoms with Gasteiger partial charge in [-0.2, -0.15) is 0 Å². The lowest BCUT2D eigenvalue weighted by Crippen LogP contribution is -2.27. The first kappa shape index (κ1) is 10.5. The molecule has 0 aliphatic carbocycles. The molecule has 0 saturated carbocycles. The summed E-state index contributed by atoms with van der Waals surface area (Å²) >= 11 is 0. The summed E-state index contributed by atoms with van der Waals surface area (Å²) in [6.45, 7) is 4.55. The highest BCUT2D eigenvalue weighted by Gasteiger charge is 2.27.